The maximum Gasteiger partial charge on any atom is 0.459 e. The summed E-state index contributed by atoms with van der Waals surface area (Å²) in [7, 11) is -4.39. The number of rotatable bonds is 10. The fourth-order valence-corrected chi connectivity index (χ4v) is 6.21. The Kier molecular flexibility index (Phi) is 9.77. The van der Waals surface area contributed by atoms with E-state index in [1.807, 2.05) is 10.9 Å². The van der Waals surface area contributed by atoms with E-state index in [0.717, 1.165) is 48.9 Å². The molecule has 0 bridgehead atoms. The van der Waals surface area contributed by atoms with Gasteiger partial charge in [-0.05, 0) is 56.9 Å². The molecule has 2 aliphatic rings. The summed E-state index contributed by atoms with van der Waals surface area (Å²) in [6.07, 6.45) is 5.84. The Bertz CT molecular complexity index is 1430. The molecule has 0 spiro atoms. The molecule has 2 heterocycles. The lowest BCUT2D eigenvalue weighted by molar-refractivity contribution is -0.152. The number of hydrogen-bond donors (Lipinski definition) is 4. The van der Waals surface area contributed by atoms with E-state index in [0.29, 0.717) is 5.02 Å². The van der Waals surface area contributed by atoms with E-state index in [1.54, 1.807) is 0 Å². The fraction of sp³-hybridized carbons (Fsp3) is 0.500. The van der Waals surface area contributed by atoms with Crippen LogP contribution in [0.5, 0.6) is 5.75 Å². The zero-order valence-corrected chi connectivity index (χ0v) is 23.8. The van der Waals surface area contributed by atoms with Crippen LogP contribution in [0.2, 0.25) is 5.02 Å². The van der Waals surface area contributed by atoms with Crippen molar-refractivity contribution in [2.45, 2.75) is 75.2 Å². The smallest absolute Gasteiger partial charge is 0.459 e. The molecule has 0 amide bonds. The number of aromatic amines is 1. The van der Waals surface area contributed by atoms with Gasteiger partial charge in [0.25, 0.3) is 5.56 Å². The standard InChI is InChI=1S/C26H31ClN3O10P/c1-3-26(35)22(32)20(39-24(26)30-14-13-21(31)28-25(30)34)15-37-41(36,40-19-11-9-17(27)10-12-19)29-16(2)23(33)38-18-7-5-4-6-8-18/h1,9-14,16,18,20,22,24,32,35H,4-8,15H2,2H3,(H,29,36)(H,28,31,34)/t16?,20-,22-,24-,26-,41?/m1/s1. The van der Waals surface area contributed by atoms with E-state index in [1.165, 1.54) is 31.2 Å². The zero-order chi connectivity index (χ0) is 29.8. The van der Waals surface area contributed by atoms with Crippen LogP contribution < -0.4 is 20.9 Å². The van der Waals surface area contributed by atoms with Crippen molar-refractivity contribution in [1.82, 2.24) is 14.6 Å². The molecule has 1 aliphatic carbocycles. The van der Waals surface area contributed by atoms with E-state index in [4.69, 9.17) is 36.5 Å². The SMILES string of the molecule is C#C[C@@]1(O)[C@H](O)[C@@H](COP(=O)(NC(C)C(=O)OC2CCCCC2)Oc2ccc(Cl)cc2)O[C@H]1n1ccc(=O)[nH]c1=O. The number of carbonyl (C=O) groups excluding carboxylic acids is 1. The number of nitrogens with one attached hydrogen (secondary N) is 2. The number of carbonyl (C=O) groups is 1. The summed E-state index contributed by atoms with van der Waals surface area (Å²) in [4.78, 5) is 38.6. The molecule has 6 atom stereocenters. The third-order valence-electron chi connectivity index (χ3n) is 6.81. The first kappa shape index (κ1) is 31.0. The van der Waals surface area contributed by atoms with Crippen LogP contribution in [0.15, 0.2) is 46.1 Å². The van der Waals surface area contributed by atoms with E-state index in [9.17, 15) is 29.2 Å². The largest absolute Gasteiger partial charge is 0.461 e. The van der Waals surface area contributed by atoms with Crippen LogP contribution in [0.1, 0.15) is 45.3 Å². The molecule has 1 aromatic carbocycles. The van der Waals surface area contributed by atoms with Gasteiger partial charge in [0.2, 0.25) is 0 Å². The topological polar surface area (TPSA) is 178 Å². The second kappa shape index (κ2) is 12.9. The summed E-state index contributed by atoms with van der Waals surface area (Å²) in [5.41, 5.74) is -4.08. The molecule has 1 saturated heterocycles. The minimum absolute atomic E-state index is 0.0868. The second-order valence-electron chi connectivity index (χ2n) is 9.84. The minimum Gasteiger partial charge on any atom is -0.461 e. The number of halogens is 1. The highest BCUT2D eigenvalue weighted by Crippen LogP contribution is 2.47. The first-order valence-corrected chi connectivity index (χ1v) is 14.9. The van der Waals surface area contributed by atoms with Gasteiger partial charge in [0, 0.05) is 17.3 Å². The lowest BCUT2D eigenvalue weighted by Crippen LogP contribution is -2.48. The van der Waals surface area contributed by atoms with Gasteiger partial charge in [-0.3, -0.25) is 23.7 Å². The first-order valence-electron chi connectivity index (χ1n) is 13.0. The van der Waals surface area contributed by atoms with Crippen molar-refractivity contribution in [3.05, 3.63) is 62.4 Å². The Morgan fingerprint density at radius 1 is 1.29 bits per heavy atom. The molecule has 222 valence electrons. The molecule has 1 aliphatic heterocycles. The summed E-state index contributed by atoms with van der Waals surface area (Å²) < 4.78 is 37.1. The molecule has 1 saturated carbocycles. The predicted octanol–water partition coefficient (Wildman–Crippen LogP) is 1.87. The van der Waals surface area contributed by atoms with Crippen molar-refractivity contribution in [2.24, 2.45) is 0 Å². The monoisotopic (exact) mass is 611 g/mol. The molecule has 41 heavy (non-hydrogen) atoms. The van der Waals surface area contributed by atoms with Crippen LogP contribution in [0.3, 0.4) is 0 Å². The fourth-order valence-electron chi connectivity index (χ4n) is 4.58. The summed E-state index contributed by atoms with van der Waals surface area (Å²) in [6.45, 7) is 0.769. The number of aliphatic hydroxyl groups excluding tert-OH is 1. The van der Waals surface area contributed by atoms with Crippen molar-refractivity contribution in [3.8, 4) is 18.1 Å². The molecule has 4 rings (SSSR count). The molecule has 15 heteroatoms. The molecular weight excluding hydrogens is 581 g/mol. The molecule has 13 nitrogen and oxygen atoms in total. The lowest BCUT2D eigenvalue weighted by Gasteiger charge is -2.27. The van der Waals surface area contributed by atoms with Gasteiger partial charge in [-0.2, -0.15) is 5.09 Å². The van der Waals surface area contributed by atoms with Gasteiger partial charge in [-0.1, -0.05) is 23.9 Å². The van der Waals surface area contributed by atoms with Crippen LogP contribution in [0, 0.1) is 12.3 Å². The minimum atomic E-state index is -4.39. The number of nitrogens with zero attached hydrogens (tertiary/aromatic N) is 1. The zero-order valence-electron chi connectivity index (χ0n) is 22.1. The van der Waals surface area contributed by atoms with Gasteiger partial charge >= 0.3 is 19.4 Å². The maximum absolute atomic E-state index is 13.9. The third-order valence-corrected chi connectivity index (χ3v) is 8.70. The molecule has 4 N–H and O–H groups in total. The van der Waals surface area contributed by atoms with E-state index < -0.39 is 61.7 Å². The lowest BCUT2D eigenvalue weighted by atomic mass is 9.95. The normalized spacial score (nSPS) is 27.0. The molecule has 2 fully saturated rings. The number of esters is 1. The average molecular weight is 612 g/mol. The summed E-state index contributed by atoms with van der Waals surface area (Å²) in [5, 5.41) is 24.8. The number of benzene rings is 1. The molecular formula is C26H31ClN3O10P. The molecule has 0 radical (unpaired) electrons. The predicted molar refractivity (Wildman–Crippen MR) is 146 cm³/mol. The van der Waals surface area contributed by atoms with Crippen LogP contribution in [-0.2, 0) is 23.4 Å². The van der Waals surface area contributed by atoms with E-state index in [2.05, 4.69) is 5.09 Å². The highest BCUT2D eigenvalue weighted by molar-refractivity contribution is 7.52. The summed E-state index contributed by atoms with van der Waals surface area (Å²) in [6, 6.07) is 5.73. The highest BCUT2D eigenvalue weighted by Gasteiger charge is 2.56. The van der Waals surface area contributed by atoms with Crippen molar-refractivity contribution in [3.63, 3.8) is 0 Å². The van der Waals surface area contributed by atoms with Crippen LogP contribution in [0.4, 0.5) is 0 Å². The van der Waals surface area contributed by atoms with Gasteiger partial charge in [-0.25, -0.2) is 9.36 Å². The van der Waals surface area contributed by atoms with Gasteiger partial charge in [0.05, 0.1) is 6.61 Å². The van der Waals surface area contributed by atoms with E-state index in [-0.39, 0.29) is 11.9 Å². The molecule has 2 aromatic rings. The van der Waals surface area contributed by atoms with Crippen LogP contribution >= 0.6 is 19.3 Å². The Hall–Kier alpha value is -2.95. The number of aliphatic hydroxyl groups is 2. The summed E-state index contributed by atoms with van der Waals surface area (Å²) in [5.74, 6) is 1.45. The van der Waals surface area contributed by atoms with Gasteiger partial charge < -0.3 is 24.2 Å². The maximum atomic E-state index is 13.9. The van der Waals surface area contributed by atoms with Crippen molar-refractivity contribution in [1.29, 1.82) is 0 Å². The Morgan fingerprint density at radius 2 is 1.98 bits per heavy atom. The number of ether oxygens (including phenoxy) is 2. The van der Waals surface area contributed by atoms with Gasteiger partial charge in [0.1, 0.15) is 30.1 Å². The van der Waals surface area contributed by atoms with Gasteiger partial charge in [-0.15, -0.1) is 6.42 Å². The Morgan fingerprint density at radius 3 is 2.61 bits per heavy atom. The third kappa shape index (κ3) is 7.28. The Balaban J connectivity index is 1.52. The number of hydrogen-bond acceptors (Lipinski definition) is 10. The number of terminal acetylenes is 1. The molecule has 2 unspecified atom stereocenters. The van der Waals surface area contributed by atoms with Crippen LogP contribution in [0.25, 0.3) is 0 Å². The summed E-state index contributed by atoms with van der Waals surface area (Å²) >= 11 is 5.93. The Labute approximate surface area is 240 Å². The molecule has 1 aromatic heterocycles. The van der Waals surface area contributed by atoms with E-state index >= 15 is 0 Å². The number of H-pyrrole nitrogens is 1. The number of aromatic nitrogens is 2. The van der Waals surface area contributed by atoms with Crippen molar-refractivity contribution in [2.75, 3.05) is 6.61 Å². The van der Waals surface area contributed by atoms with Crippen molar-refractivity contribution >= 4 is 25.3 Å². The van der Waals surface area contributed by atoms with Crippen LogP contribution in [-0.4, -0.2) is 62.3 Å². The quantitative estimate of drug-likeness (QED) is 0.175. The van der Waals surface area contributed by atoms with Gasteiger partial charge in [0.15, 0.2) is 11.8 Å². The average Bonchev–Trinajstić information content (AvgIpc) is 3.19. The highest BCUT2D eigenvalue weighted by atomic mass is 35.5. The first-order chi connectivity index (χ1) is 19.4. The second-order valence-corrected chi connectivity index (χ2v) is 12.0. The van der Waals surface area contributed by atoms with Crippen molar-refractivity contribution < 1.29 is 38.1 Å².